The van der Waals surface area contributed by atoms with Crippen LogP contribution in [0.4, 0.5) is 13.8 Å². The molecule has 154 valence electrons. The van der Waals surface area contributed by atoms with E-state index in [0.29, 0.717) is 16.9 Å². The molecule has 1 aromatic carbocycles. The smallest absolute Gasteiger partial charge is 0.255 e. The number of fused-ring (bicyclic) bond motifs is 1. The van der Waals surface area contributed by atoms with Gasteiger partial charge in [-0.2, -0.15) is 0 Å². The number of halogens is 2. The number of aliphatic hydroxyl groups excluding tert-OH is 1. The minimum atomic E-state index is -3.86. The predicted octanol–water partition coefficient (Wildman–Crippen LogP) is 2.61. The molecule has 0 bridgehead atoms. The minimum Gasteiger partial charge on any atom is -0.390 e. The van der Waals surface area contributed by atoms with Gasteiger partial charge in [0.2, 0.25) is 0 Å². The maximum absolute atomic E-state index is 14.4. The molecular formula is C19H18F2N2O4S2. The number of nitrogens with one attached hydrogen (secondary N) is 1. The van der Waals surface area contributed by atoms with Crippen LogP contribution in [0.3, 0.4) is 0 Å². The number of aromatic amines is 1. The Hall–Kier alpha value is -2.30. The van der Waals surface area contributed by atoms with Crippen LogP contribution in [0.5, 0.6) is 0 Å². The molecule has 2 unspecified atom stereocenters. The topological polar surface area (TPSA) is 90.5 Å². The van der Waals surface area contributed by atoms with E-state index in [0.717, 1.165) is 17.4 Å². The van der Waals surface area contributed by atoms with Gasteiger partial charge < -0.3 is 15.0 Å². The van der Waals surface area contributed by atoms with Crippen molar-refractivity contribution in [3.8, 4) is 0 Å². The normalized spacial score (nSPS) is 20.3. The summed E-state index contributed by atoms with van der Waals surface area (Å²) in [6, 6.07) is 6.95. The molecule has 10 heteroatoms. The SMILES string of the molecule is O=c1[nH]ccc2cc(F)c(CS(=O)(=O)c3ccc(N4CCC(O)C(F)C4)s3)cc12. The van der Waals surface area contributed by atoms with Crippen LogP contribution < -0.4 is 10.5 Å². The van der Waals surface area contributed by atoms with Crippen molar-refractivity contribution in [1.82, 2.24) is 4.98 Å². The average Bonchev–Trinajstić information content (AvgIpc) is 3.16. The number of benzene rings is 1. The van der Waals surface area contributed by atoms with Crippen LogP contribution in [-0.4, -0.2) is 43.9 Å². The van der Waals surface area contributed by atoms with E-state index in [1.165, 1.54) is 24.4 Å². The van der Waals surface area contributed by atoms with E-state index in [2.05, 4.69) is 4.98 Å². The van der Waals surface area contributed by atoms with Crippen molar-refractivity contribution < 1.29 is 22.3 Å². The molecule has 2 N–H and O–H groups in total. The Labute approximate surface area is 169 Å². The highest BCUT2D eigenvalue weighted by atomic mass is 32.2. The van der Waals surface area contributed by atoms with E-state index in [-0.39, 0.29) is 28.1 Å². The Bertz CT molecular complexity index is 1220. The number of hydrogen-bond acceptors (Lipinski definition) is 6. The molecule has 0 saturated carbocycles. The Morgan fingerprint density at radius 1 is 1.28 bits per heavy atom. The second kappa shape index (κ2) is 7.51. The predicted molar refractivity (Wildman–Crippen MR) is 107 cm³/mol. The van der Waals surface area contributed by atoms with E-state index in [4.69, 9.17) is 0 Å². The lowest BCUT2D eigenvalue weighted by Gasteiger charge is -2.32. The molecule has 0 spiro atoms. The third kappa shape index (κ3) is 3.92. The van der Waals surface area contributed by atoms with Crippen molar-refractivity contribution in [2.24, 2.45) is 0 Å². The molecule has 1 aliphatic heterocycles. The molecule has 3 aromatic rings. The number of hydrogen-bond donors (Lipinski definition) is 2. The van der Waals surface area contributed by atoms with Gasteiger partial charge in [0.25, 0.3) is 5.56 Å². The monoisotopic (exact) mass is 440 g/mol. The first-order valence-electron chi connectivity index (χ1n) is 8.94. The van der Waals surface area contributed by atoms with Crippen LogP contribution in [-0.2, 0) is 15.6 Å². The lowest BCUT2D eigenvalue weighted by atomic mass is 10.1. The fourth-order valence-corrected chi connectivity index (χ4v) is 6.14. The van der Waals surface area contributed by atoms with Gasteiger partial charge in [-0.25, -0.2) is 17.2 Å². The van der Waals surface area contributed by atoms with Gasteiger partial charge in [0.15, 0.2) is 9.84 Å². The highest BCUT2D eigenvalue weighted by Gasteiger charge is 2.29. The van der Waals surface area contributed by atoms with Gasteiger partial charge in [0.05, 0.1) is 23.4 Å². The fraction of sp³-hybridized carbons (Fsp3) is 0.316. The average molecular weight is 440 g/mol. The summed E-state index contributed by atoms with van der Waals surface area (Å²) in [5, 5.41) is 10.7. The molecule has 2 aromatic heterocycles. The molecule has 1 fully saturated rings. The number of anilines is 1. The Balaban J connectivity index is 1.61. The summed E-state index contributed by atoms with van der Waals surface area (Å²) < 4.78 is 53.9. The molecule has 4 rings (SSSR count). The highest BCUT2D eigenvalue weighted by molar-refractivity contribution is 7.92. The van der Waals surface area contributed by atoms with Crippen molar-refractivity contribution in [2.75, 3.05) is 18.0 Å². The van der Waals surface area contributed by atoms with E-state index in [1.54, 1.807) is 11.0 Å². The molecule has 3 heterocycles. The summed E-state index contributed by atoms with van der Waals surface area (Å²) in [5.74, 6) is -1.29. The Morgan fingerprint density at radius 3 is 2.83 bits per heavy atom. The number of H-pyrrole nitrogens is 1. The molecule has 6 nitrogen and oxygen atoms in total. The third-order valence-corrected chi connectivity index (χ3v) is 8.37. The number of sulfone groups is 1. The molecule has 1 aliphatic rings. The summed E-state index contributed by atoms with van der Waals surface area (Å²) >= 11 is 0.981. The molecule has 1 saturated heterocycles. The van der Waals surface area contributed by atoms with E-state index >= 15 is 0 Å². The number of thiophene rings is 1. The lowest BCUT2D eigenvalue weighted by Crippen LogP contribution is -2.44. The van der Waals surface area contributed by atoms with Crippen molar-refractivity contribution in [2.45, 2.75) is 28.7 Å². The van der Waals surface area contributed by atoms with Crippen LogP contribution in [0, 0.1) is 5.82 Å². The molecule has 29 heavy (non-hydrogen) atoms. The van der Waals surface area contributed by atoms with Gasteiger partial charge in [-0.3, -0.25) is 4.79 Å². The van der Waals surface area contributed by atoms with Gasteiger partial charge >= 0.3 is 0 Å². The number of nitrogens with zero attached hydrogens (tertiary/aromatic N) is 1. The Morgan fingerprint density at radius 2 is 2.07 bits per heavy atom. The van der Waals surface area contributed by atoms with Gasteiger partial charge in [-0.05, 0) is 42.1 Å². The van der Waals surface area contributed by atoms with Crippen LogP contribution >= 0.6 is 11.3 Å². The maximum Gasteiger partial charge on any atom is 0.255 e. The summed E-state index contributed by atoms with van der Waals surface area (Å²) in [4.78, 5) is 16.1. The largest absolute Gasteiger partial charge is 0.390 e. The number of alkyl halides is 1. The molecule has 0 radical (unpaired) electrons. The third-order valence-electron chi connectivity index (χ3n) is 4.98. The van der Waals surface area contributed by atoms with Crippen LogP contribution in [0.1, 0.15) is 12.0 Å². The number of aromatic nitrogens is 1. The summed E-state index contributed by atoms with van der Waals surface area (Å²) in [5.41, 5.74) is -0.512. The van der Waals surface area contributed by atoms with Crippen molar-refractivity contribution >= 4 is 36.9 Å². The van der Waals surface area contributed by atoms with E-state index < -0.39 is 39.2 Å². The second-order valence-electron chi connectivity index (χ2n) is 7.01. The molecule has 0 amide bonds. The summed E-state index contributed by atoms with van der Waals surface area (Å²) in [6.45, 7) is 0.410. The van der Waals surface area contributed by atoms with Crippen LogP contribution in [0.2, 0.25) is 0 Å². The second-order valence-corrected chi connectivity index (χ2v) is 10.3. The number of aliphatic hydroxyl groups is 1. The maximum atomic E-state index is 14.4. The summed E-state index contributed by atoms with van der Waals surface area (Å²) in [6.07, 6.45) is -0.739. The first-order valence-corrected chi connectivity index (χ1v) is 11.4. The molecule has 0 aliphatic carbocycles. The fourth-order valence-electron chi connectivity index (χ4n) is 3.38. The zero-order valence-corrected chi connectivity index (χ0v) is 16.8. The number of rotatable bonds is 4. The van der Waals surface area contributed by atoms with Crippen molar-refractivity contribution in [3.63, 3.8) is 0 Å². The van der Waals surface area contributed by atoms with Gasteiger partial charge in [-0.15, -0.1) is 11.3 Å². The molecule has 2 atom stereocenters. The van der Waals surface area contributed by atoms with Gasteiger partial charge in [-0.1, -0.05) is 0 Å². The minimum absolute atomic E-state index is 0.0107. The molecular weight excluding hydrogens is 422 g/mol. The van der Waals surface area contributed by atoms with Crippen LogP contribution in [0.25, 0.3) is 10.8 Å². The highest BCUT2D eigenvalue weighted by Crippen LogP contribution is 2.33. The number of piperidine rings is 1. The first kappa shape index (κ1) is 20.0. The van der Waals surface area contributed by atoms with Crippen LogP contribution in [0.15, 0.2) is 45.5 Å². The summed E-state index contributed by atoms with van der Waals surface area (Å²) in [7, 11) is -3.86. The standard InChI is InChI=1S/C19H18F2N2O4S2/c20-14-8-11-3-5-22-19(25)13(11)7-12(14)10-29(26,27)18-2-1-17(28-18)23-6-4-16(24)15(21)9-23/h1-3,5,7-8,15-16,24H,4,6,9-10H2,(H,22,25). The van der Waals surface area contributed by atoms with E-state index in [1.807, 2.05) is 0 Å². The van der Waals surface area contributed by atoms with Gasteiger partial charge in [0.1, 0.15) is 16.2 Å². The zero-order valence-electron chi connectivity index (χ0n) is 15.1. The Kier molecular flexibility index (Phi) is 5.18. The number of pyridine rings is 1. The first-order chi connectivity index (χ1) is 13.7. The van der Waals surface area contributed by atoms with Crippen molar-refractivity contribution in [1.29, 1.82) is 0 Å². The van der Waals surface area contributed by atoms with Crippen molar-refractivity contribution in [3.05, 3.63) is 58.3 Å². The van der Waals surface area contributed by atoms with E-state index in [9.17, 15) is 27.1 Å². The zero-order chi connectivity index (χ0) is 20.8. The lowest BCUT2D eigenvalue weighted by molar-refractivity contribution is 0.0617. The quantitative estimate of drug-likeness (QED) is 0.651. The van der Waals surface area contributed by atoms with Gasteiger partial charge in [0, 0.05) is 23.7 Å².